The van der Waals surface area contributed by atoms with Gasteiger partial charge in [-0.05, 0) is 12.5 Å². The molecule has 0 fully saturated rings. The predicted octanol–water partition coefficient (Wildman–Crippen LogP) is 2.92. The van der Waals surface area contributed by atoms with Crippen LogP contribution in [0.1, 0.15) is 23.1 Å². The Morgan fingerprint density at radius 3 is 2.71 bits per heavy atom. The Kier molecular flexibility index (Phi) is 4.06. The smallest absolute Gasteiger partial charge is 0.422 e. The van der Waals surface area contributed by atoms with E-state index in [0.29, 0.717) is 29.4 Å². The van der Waals surface area contributed by atoms with Gasteiger partial charge < -0.3 is 15.0 Å². The van der Waals surface area contributed by atoms with Gasteiger partial charge in [0.15, 0.2) is 18.6 Å². The number of ether oxygens (including phenoxy) is 1. The van der Waals surface area contributed by atoms with Crippen molar-refractivity contribution in [2.24, 2.45) is 0 Å². The number of H-pyrrole nitrogens is 1. The molecule has 0 radical (unpaired) electrons. The fourth-order valence-electron chi connectivity index (χ4n) is 2.03. The van der Waals surface area contributed by atoms with Crippen molar-refractivity contribution < 1.29 is 22.7 Å². The molecule has 0 aromatic carbocycles. The first kappa shape index (κ1) is 15.1. The number of aromatic amines is 1. The number of hydrogen-bond acceptors (Lipinski definition) is 4. The molecule has 114 valence electrons. The fraction of sp³-hybridized carbons (Fsp3) is 0.385. The highest BCUT2D eigenvalue weighted by atomic mass is 19.4. The third-order valence-electron chi connectivity index (χ3n) is 2.95. The molecular formula is C13H14F3N3O2. The highest BCUT2D eigenvalue weighted by Gasteiger charge is 2.30. The van der Waals surface area contributed by atoms with Crippen LogP contribution in [0.2, 0.25) is 0 Å². The summed E-state index contributed by atoms with van der Waals surface area (Å²) in [4.78, 5) is 18.0. The molecule has 0 saturated heterocycles. The van der Waals surface area contributed by atoms with Crippen molar-refractivity contribution in [3.05, 3.63) is 17.5 Å². The van der Waals surface area contributed by atoms with Crippen LogP contribution < -0.4 is 10.1 Å². The molecule has 2 rings (SSSR count). The maximum absolute atomic E-state index is 12.3. The van der Waals surface area contributed by atoms with E-state index < -0.39 is 12.8 Å². The molecule has 2 N–H and O–H groups in total. The van der Waals surface area contributed by atoms with E-state index in [9.17, 15) is 18.0 Å². The summed E-state index contributed by atoms with van der Waals surface area (Å²) in [5, 5.41) is 3.26. The first-order valence-corrected chi connectivity index (χ1v) is 6.27. The highest BCUT2D eigenvalue weighted by molar-refractivity contribution is 5.95. The number of carbonyl (C=O) groups excluding carboxylic acids is 1. The van der Waals surface area contributed by atoms with Crippen molar-refractivity contribution >= 4 is 23.0 Å². The number of aryl methyl sites for hydroxylation is 1. The van der Waals surface area contributed by atoms with Gasteiger partial charge in [-0.1, -0.05) is 6.92 Å². The second-order valence-corrected chi connectivity index (χ2v) is 4.37. The maximum atomic E-state index is 12.3. The second kappa shape index (κ2) is 5.63. The average molecular weight is 301 g/mol. The Hall–Kier alpha value is -2.25. The molecule has 0 bridgehead atoms. The van der Waals surface area contributed by atoms with E-state index in [1.165, 1.54) is 0 Å². The minimum Gasteiger partial charge on any atom is -0.481 e. The largest absolute Gasteiger partial charge is 0.481 e. The molecule has 5 nitrogen and oxygen atoms in total. The van der Waals surface area contributed by atoms with Crippen LogP contribution in [0.15, 0.2) is 6.07 Å². The summed E-state index contributed by atoms with van der Waals surface area (Å²) in [6, 6.07) is 1.62. The van der Waals surface area contributed by atoms with Crippen molar-refractivity contribution in [3.8, 4) is 5.75 Å². The maximum Gasteiger partial charge on any atom is 0.422 e. The van der Waals surface area contributed by atoms with E-state index in [4.69, 9.17) is 4.74 Å². The van der Waals surface area contributed by atoms with E-state index in [0.717, 1.165) is 5.69 Å². The number of fused-ring (bicyclic) bond motifs is 1. The molecule has 21 heavy (non-hydrogen) atoms. The number of alkyl halides is 3. The molecule has 0 atom stereocenters. The van der Waals surface area contributed by atoms with Crippen LogP contribution in [0.5, 0.6) is 5.75 Å². The van der Waals surface area contributed by atoms with Gasteiger partial charge >= 0.3 is 6.18 Å². The van der Waals surface area contributed by atoms with E-state index in [1.54, 1.807) is 13.1 Å². The molecule has 8 heteroatoms. The molecule has 0 spiro atoms. The second-order valence-electron chi connectivity index (χ2n) is 4.37. The number of pyridine rings is 1. The third kappa shape index (κ3) is 3.09. The summed E-state index contributed by atoms with van der Waals surface area (Å²) >= 11 is 0. The van der Waals surface area contributed by atoms with Gasteiger partial charge in [-0.2, -0.15) is 13.2 Å². The Bertz CT molecular complexity index is 665. The zero-order valence-electron chi connectivity index (χ0n) is 11.5. The van der Waals surface area contributed by atoms with Crippen LogP contribution in [-0.2, 0) is 6.42 Å². The Morgan fingerprint density at radius 2 is 2.19 bits per heavy atom. The number of carbonyl (C=O) groups is 1. The minimum atomic E-state index is -4.48. The van der Waals surface area contributed by atoms with Crippen molar-refractivity contribution in [2.75, 3.05) is 19.0 Å². The summed E-state index contributed by atoms with van der Waals surface area (Å²) in [6.45, 7) is 0.435. The van der Waals surface area contributed by atoms with Crippen LogP contribution in [0, 0.1) is 0 Å². The molecule has 0 saturated carbocycles. The number of halogens is 3. The van der Waals surface area contributed by atoms with Gasteiger partial charge in [-0.15, -0.1) is 0 Å². The van der Waals surface area contributed by atoms with Crippen LogP contribution in [0.25, 0.3) is 11.0 Å². The number of aldehydes is 1. The number of anilines is 1. The number of rotatable bonds is 5. The van der Waals surface area contributed by atoms with E-state index in [2.05, 4.69) is 15.3 Å². The Balaban J connectivity index is 2.54. The summed E-state index contributed by atoms with van der Waals surface area (Å²) in [6.07, 6.45) is -3.43. The minimum absolute atomic E-state index is 0.0583. The third-order valence-corrected chi connectivity index (χ3v) is 2.95. The summed E-state index contributed by atoms with van der Waals surface area (Å²) in [7, 11) is 1.69. The standard InChI is InChI=1S/C13H14F3N3O2/c1-3-8-9(17-2)4-7-11(21-6-13(14,15)16)10(5-20)19-12(7)18-8/h4-5,17H,3,6H2,1-2H3,(H,18,19). The van der Waals surface area contributed by atoms with Gasteiger partial charge in [0.1, 0.15) is 11.3 Å². The molecule has 2 aromatic heterocycles. The molecule has 0 aliphatic rings. The Labute approximate surface area is 118 Å². The molecule has 0 amide bonds. The van der Waals surface area contributed by atoms with Crippen LogP contribution in [-0.4, -0.2) is 36.1 Å². The molecule has 0 aliphatic carbocycles. The van der Waals surface area contributed by atoms with Crippen molar-refractivity contribution in [1.29, 1.82) is 0 Å². The SMILES string of the molecule is CCc1nc2[nH]c(C=O)c(OCC(F)(F)F)c2cc1NC. The van der Waals surface area contributed by atoms with Gasteiger partial charge in [0.2, 0.25) is 0 Å². The highest BCUT2D eigenvalue weighted by Crippen LogP contribution is 2.32. The number of aromatic nitrogens is 2. The zero-order chi connectivity index (χ0) is 15.6. The lowest BCUT2D eigenvalue weighted by Gasteiger charge is -2.10. The van der Waals surface area contributed by atoms with Crippen LogP contribution in [0.4, 0.5) is 18.9 Å². The first-order valence-electron chi connectivity index (χ1n) is 6.27. The molecule has 2 heterocycles. The van der Waals surface area contributed by atoms with E-state index in [-0.39, 0.29) is 11.4 Å². The van der Waals surface area contributed by atoms with Crippen molar-refractivity contribution in [1.82, 2.24) is 9.97 Å². The molecule has 0 unspecified atom stereocenters. The normalized spacial score (nSPS) is 11.7. The van der Waals surface area contributed by atoms with Crippen molar-refractivity contribution in [2.45, 2.75) is 19.5 Å². The summed E-state index contributed by atoms with van der Waals surface area (Å²) in [5.74, 6) is -0.135. The van der Waals surface area contributed by atoms with Gasteiger partial charge in [0, 0.05) is 7.05 Å². The van der Waals surface area contributed by atoms with Crippen LogP contribution >= 0.6 is 0 Å². The lowest BCUT2D eigenvalue weighted by molar-refractivity contribution is -0.153. The van der Waals surface area contributed by atoms with Gasteiger partial charge in [0.05, 0.1) is 16.8 Å². The number of nitrogens with zero attached hydrogens (tertiary/aromatic N) is 1. The number of nitrogens with one attached hydrogen (secondary N) is 2. The monoisotopic (exact) mass is 301 g/mol. The zero-order valence-corrected chi connectivity index (χ0v) is 11.5. The fourth-order valence-corrected chi connectivity index (χ4v) is 2.03. The lowest BCUT2D eigenvalue weighted by Crippen LogP contribution is -2.19. The lowest BCUT2D eigenvalue weighted by atomic mass is 10.2. The summed E-state index contributed by atoms with van der Waals surface area (Å²) < 4.78 is 41.7. The van der Waals surface area contributed by atoms with Gasteiger partial charge in [-0.25, -0.2) is 4.98 Å². The topological polar surface area (TPSA) is 67.0 Å². The summed E-state index contributed by atoms with van der Waals surface area (Å²) in [5.41, 5.74) is 1.69. The first-order chi connectivity index (χ1) is 9.89. The van der Waals surface area contributed by atoms with E-state index >= 15 is 0 Å². The van der Waals surface area contributed by atoms with Gasteiger partial charge in [0.25, 0.3) is 0 Å². The molecule has 0 aliphatic heterocycles. The van der Waals surface area contributed by atoms with Crippen LogP contribution in [0.3, 0.4) is 0 Å². The quantitative estimate of drug-likeness (QED) is 0.833. The predicted molar refractivity (Wildman–Crippen MR) is 72.0 cm³/mol. The Morgan fingerprint density at radius 1 is 1.48 bits per heavy atom. The average Bonchev–Trinajstić information content (AvgIpc) is 2.79. The van der Waals surface area contributed by atoms with E-state index in [1.807, 2.05) is 6.92 Å². The molecule has 2 aromatic rings. The van der Waals surface area contributed by atoms with Crippen molar-refractivity contribution in [3.63, 3.8) is 0 Å². The van der Waals surface area contributed by atoms with Gasteiger partial charge in [-0.3, -0.25) is 4.79 Å². The number of hydrogen-bond donors (Lipinski definition) is 2. The molecular weight excluding hydrogens is 287 g/mol.